The van der Waals surface area contributed by atoms with E-state index in [1.165, 1.54) is 25.0 Å². The highest BCUT2D eigenvalue weighted by atomic mass is 32.2. The lowest BCUT2D eigenvalue weighted by Crippen LogP contribution is -2.49. The molecule has 0 amide bonds. The van der Waals surface area contributed by atoms with Crippen LogP contribution in [0.1, 0.15) is 64.7 Å². The largest absolute Gasteiger partial charge is 0.300 e. The van der Waals surface area contributed by atoms with Gasteiger partial charge in [0.1, 0.15) is 11.6 Å². The van der Waals surface area contributed by atoms with E-state index in [1.54, 1.807) is 5.57 Å². The van der Waals surface area contributed by atoms with Gasteiger partial charge in [0.05, 0.1) is 0 Å². The second-order valence-electron chi connectivity index (χ2n) is 8.87. The quantitative estimate of drug-likeness (QED) is 0.687. The summed E-state index contributed by atoms with van der Waals surface area (Å²) < 4.78 is 0. The van der Waals surface area contributed by atoms with Crippen molar-refractivity contribution < 1.29 is 9.59 Å². The molecule has 4 aliphatic carbocycles. The van der Waals surface area contributed by atoms with Gasteiger partial charge in [0.2, 0.25) is 0 Å². The summed E-state index contributed by atoms with van der Waals surface area (Å²) in [4.78, 5) is 24.6. The molecule has 0 heterocycles. The van der Waals surface area contributed by atoms with Crippen molar-refractivity contribution in [3.63, 3.8) is 0 Å². The molecule has 0 radical (unpaired) electrons. The third kappa shape index (κ3) is 2.29. The van der Waals surface area contributed by atoms with Crippen molar-refractivity contribution in [2.45, 2.75) is 64.7 Å². The highest BCUT2D eigenvalue weighted by Gasteiger charge is 2.58. The number of allylic oxidation sites excluding steroid dienone is 2. The van der Waals surface area contributed by atoms with Crippen LogP contribution in [0.5, 0.6) is 0 Å². The topological polar surface area (TPSA) is 34.1 Å². The van der Waals surface area contributed by atoms with Gasteiger partial charge in [0.15, 0.2) is 0 Å². The monoisotopic (exact) mass is 346 g/mol. The molecule has 3 saturated carbocycles. The van der Waals surface area contributed by atoms with E-state index in [2.05, 4.69) is 19.3 Å². The number of fused-ring (bicyclic) bond motifs is 5. The summed E-state index contributed by atoms with van der Waals surface area (Å²) in [7, 11) is 0. The molecular weight excluding hydrogens is 316 g/mol. The Morgan fingerprint density at radius 3 is 2.83 bits per heavy atom. The number of Topliss-reactive ketones (excluding diaryl/α,β-unsaturated/α-hetero) is 2. The predicted molar refractivity (Wildman–Crippen MR) is 99.0 cm³/mol. The average molecular weight is 347 g/mol. The second-order valence-corrected chi connectivity index (χ2v) is 9.86. The molecule has 4 aliphatic rings. The second kappa shape index (κ2) is 6.00. The van der Waals surface area contributed by atoms with Crippen molar-refractivity contribution in [2.75, 3.05) is 12.0 Å². The molecular formula is C21H30O2S. The van der Waals surface area contributed by atoms with Gasteiger partial charge in [-0.25, -0.2) is 0 Å². The minimum Gasteiger partial charge on any atom is -0.300 e. The third-order valence-corrected chi connectivity index (χ3v) is 8.64. The van der Waals surface area contributed by atoms with Crippen LogP contribution in [0.25, 0.3) is 0 Å². The maximum Gasteiger partial charge on any atom is 0.139 e. The number of thioether (sulfide) groups is 1. The maximum absolute atomic E-state index is 12.5. The lowest BCUT2D eigenvalue weighted by molar-refractivity contribution is -0.128. The van der Waals surface area contributed by atoms with Crippen LogP contribution in [0.2, 0.25) is 0 Å². The summed E-state index contributed by atoms with van der Waals surface area (Å²) in [6.45, 7) is 2.23. The van der Waals surface area contributed by atoms with E-state index in [-0.39, 0.29) is 10.8 Å². The summed E-state index contributed by atoms with van der Waals surface area (Å²) in [5.74, 6) is 3.92. The van der Waals surface area contributed by atoms with Gasteiger partial charge in [-0.2, -0.15) is 11.8 Å². The number of carbonyl (C=O) groups is 2. The molecule has 0 bridgehead atoms. The van der Waals surface area contributed by atoms with Crippen LogP contribution in [0.3, 0.4) is 0 Å². The van der Waals surface area contributed by atoms with Gasteiger partial charge in [0, 0.05) is 24.7 Å². The fourth-order valence-electron chi connectivity index (χ4n) is 6.66. The number of carbonyl (C=O) groups excluding carboxylic acids is 2. The highest BCUT2D eigenvalue weighted by Crippen LogP contribution is 2.64. The van der Waals surface area contributed by atoms with Crippen molar-refractivity contribution in [2.24, 2.45) is 28.6 Å². The van der Waals surface area contributed by atoms with Crippen molar-refractivity contribution in [3.8, 4) is 0 Å². The summed E-state index contributed by atoms with van der Waals surface area (Å²) in [6, 6.07) is 0. The third-order valence-electron chi connectivity index (χ3n) is 8.03. The molecule has 0 spiro atoms. The Balaban J connectivity index is 1.72. The van der Waals surface area contributed by atoms with Crippen molar-refractivity contribution in [1.29, 1.82) is 0 Å². The van der Waals surface area contributed by atoms with Crippen LogP contribution in [-0.2, 0) is 9.59 Å². The molecule has 0 N–H and O–H groups in total. The molecule has 0 aromatic rings. The molecule has 5 atom stereocenters. The zero-order chi connectivity index (χ0) is 16.9. The number of ketones is 2. The van der Waals surface area contributed by atoms with Crippen LogP contribution in [0.4, 0.5) is 0 Å². The summed E-state index contributed by atoms with van der Waals surface area (Å²) in [6.07, 6.45) is 13.8. The van der Waals surface area contributed by atoms with Crippen LogP contribution in [0, 0.1) is 28.6 Å². The number of hydrogen-bond donors (Lipinski definition) is 0. The van der Waals surface area contributed by atoms with Gasteiger partial charge in [-0.3, -0.25) is 9.59 Å². The lowest BCUT2D eigenvalue weighted by Gasteiger charge is -2.56. The van der Waals surface area contributed by atoms with E-state index in [4.69, 9.17) is 0 Å². The van der Waals surface area contributed by atoms with E-state index in [9.17, 15) is 9.59 Å². The van der Waals surface area contributed by atoms with Gasteiger partial charge in [0.25, 0.3) is 0 Å². The Morgan fingerprint density at radius 2 is 2.04 bits per heavy atom. The molecule has 3 heteroatoms. The number of hydrogen-bond acceptors (Lipinski definition) is 3. The molecule has 2 nitrogen and oxygen atoms in total. The van der Waals surface area contributed by atoms with Gasteiger partial charge in [-0.15, -0.1) is 0 Å². The fraction of sp³-hybridized carbons (Fsp3) is 0.810. The summed E-state index contributed by atoms with van der Waals surface area (Å²) in [5.41, 5.74) is 1.86. The van der Waals surface area contributed by atoms with Crippen LogP contribution in [-0.4, -0.2) is 23.6 Å². The zero-order valence-corrected chi connectivity index (χ0v) is 15.9. The minimum atomic E-state index is -0.0911. The summed E-state index contributed by atoms with van der Waals surface area (Å²) >= 11 is 1.94. The first kappa shape index (κ1) is 16.9. The Labute approximate surface area is 150 Å². The molecule has 132 valence electrons. The Kier molecular flexibility index (Phi) is 4.22. The SMILES string of the molecule is CSCC[C@]12CCC(=O)CC1CCC1C2=CC[C@]2(C)C(=O)CCC12. The number of rotatable bonds is 3. The van der Waals surface area contributed by atoms with E-state index >= 15 is 0 Å². The van der Waals surface area contributed by atoms with Crippen molar-refractivity contribution in [3.05, 3.63) is 11.6 Å². The maximum atomic E-state index is 12.5. The first-order valence-electron chi connectivity index (χ1n) is 9.76. The van der Waals surface area contributed by atoms with Crippen molar-refractivity contribution in [1.82, 2.24) is 0 Å². The average Bonchev–Trinajstić information content (AvgIpc) is 2.88. The zero-order valence-electron chi connectivity index (χ0n) is 15.1. The van der Waals surface area contributed by atoms with Crippen LogP contribution in [0.15, 0.2) is 11.6 Å². The standard InChI is InChI=1S/C21H30O2S/c1-20-9-8-18-16(17(20)5-6-19(20)23)4-3-14-13-15(22)7-10-21(14,18)11-12-24-2/h8,14,16-17H,3-7,9-13H2,1-2H3/t14?,16?,17?,20-,21+/m0/s1. The van der Waals surface area contributed by atoms with Gasteiger partial charge < -0.3 is 0 Å². The van der Waals surface area contributed by atoms with E-state index in [1.807, 2.05) is 11.8 Å². The minimum absolute atomic E-state index is 0.0911. The first-order chi connectivity index (χ1) is 11.5. The Bertz CT molecular complexity index is 595. The highest BCUT2D eigenvalue weighted by molar-refractivity contribution is 7.98. The van der Waals surface area contributed by atoms with Crippen LogP contribution >= 0.6 is 11.8 Å². The lowest BCUT2D eigenvalue weighted by atomic mass is 9.48. The molecule has 4 rings (SSSR count). The van der Waals surface area contributed by atoms with Gasteiger partial charge in [-0.1, -0.05) is 18.6 Å². The van der Waals surface area contributed by atoms with E-state index in [0.29, 0.717) is 29.3 Å². The molecule has 0 aromatic carbocycles. The smallest absolute Gasteiger partial charge is 0.139 e. The first-order valence-corrected chi connectivity index (χ1v) is 11.1. The normalized spacial score (nSPS) is 44.6. The molecule has 3 unspecified atom stereocenters. The van der Waals surface area contributed by atoms with Crippen molar-refractivity contribution >= 4 is 23.3 Å². The Morgan fingerprint density at radius 1 is 1.21 bits per heavy atom. The van der Waals surface area contributed by atoms with Gasteiger partial charge >= 0.3 is 0 Å². The Hall–Kier alpha value is -0.570. The molecule has 3 fully saturated rings. The molecule has 24 heavy (non-hydrogen) atoms. The molecule has 0 saturated heterocycles. The van der Waals surface area contributed by atoms with E-state index in [0.717, 1.165) is 38.5 Å². The molecule has 0 aliphatic heterocycles. The molecule has 0 aromatic heterocycles. The fourth-order valence-corrected chi connectivity index (χ4v) is 7.23. The predicted octanol–water partition coefficient (Wildman–Crippen LogP) is 4.82. The summed E-state index contributed by atoms with van der Waals surface area (Å²) in [5, 5.41) is 0. The van der Waals surface area contributed by atoms with Gasteiger partial charge in [-0.05, 0) is 73.7 Å². The van der Waals surface area contributed by atoms with E-state index < -0.39 is 0 Å². The van der Waals surface area contributed by atoms with Crippen LogP contribution < -0.4 is 0 Å².